The van der Waals surface area contributed by atoms with E-state index < -0.39 is 0 Å². The molecule has 1 amide bonds. The first kappa shape index (κ1) is 18.6. The van der Waals surface area contributed by atoms with Crippen LogP contribution < -0.4 is 10.2 Å². The van der Waals surface area contributed by atoms with Crippen molar-refractivity contribution in [1.82, 2.24) is 9.97 Å². The van der Waals surface area contributed by atoms with Crippen molar-refractivity contribution in [1.29, 1.82) is 0 Å². The number of carbonyl (C=O) groups is 1. The standard InChI is InChI=1S/C22H24N4O/c1-16-4-5-19(14-17(16)2)25-22(27)21-15-20(8-12-24-21)26(3)13-9-18-6-10-23-11-7-18/h4-8,10-12,14-15H,9,13H2,1-3H3,(H,25,27). The monoisotopic (exact) mass is 360 g/mol. The minimum absolute atomic E-state index is 0.206. The third-order valence-corrected chi connectivity index (χ3v) is 4.67. The number of carbonyl (C=O) groups excluding carboxylic acids is 1. The Bertz CT molecular complexity index is 925. The first-order chi connectivity index (χ1) is 13.0. The van der Waals surface area contributed by atoms with Crippen LogP contribution in [0.3, 0.4) is 0 Å². The van der Waals surface area contributed by atoms with Gasteiger partial charge in [-0.05, 0) is 73.4 Å². The van der Waals surface area contributed by atoms with Gasteiger partial charge in [0.15, 0.2) is 0 Å². The fraction of sp³-hybridized carbons (Fsp3) is 0.227. The van der Waals surface area contributed by atoms with Crippen molar-refractivity contribution < 1.29 is 4.79 Å². The summed E-state index contributed by atoms with van der Waals surface area (Å²) in [5, 5.41) is 2.92. The molecule has 0 radical (unpaired) electrons. The highest BCUT2D eigenvalue weighted by molar-refractivity contribution is 6.03. The number of nitrogens with zero attached hydrogens (tertiary/aromatic N) is 3. The number of likely N-dealkylation sites (N-methyl/N-ethyl adjacent to an activating group) is 1. The number of rotatable bonds is 6. The highest BCUT2D eigenvalue weighted by Gasteiger charge is 2.11. The van der Waals surface area contributed by atoms with Gasteiger partial charge in [0, 0.05) is 43.6 Å². The minimum atomic E-state index is -0.206. The Labute approximate surface area is 160 Å². The van der Waals surface area contributed by atoms with Gasteiger partial charge < -0.3 is 10.2 Å². The molecule has 0 unspecified atom stereocenters. The molecular formula is C22H24N4O. The van der Waals surface area contributed by atoms with Crippen LogP contribution in [0.4, 0.5) is 11.4 Å². The van der Waals surface area contributed by atoms with Crippen LogP contribution in [-0.2, 0) is 6.42 Å². The SMILES string of the molecule is Cc1ccc(NC(=O)c2cc(N(C)CCc3ccncc3)ccn2)cc1C. The molecule has 2 aromatic heterocycles. The maximum atomic E-state index is 12.6. The lowest BCUT2D eigenvalue weighted by molar-refractivity contribution is 0.102. The third-order valence-electron chi connectivity index (χ3n) is 4.67. The summed E-state index contributed by atoms with van der Waals surface area (Å²) in [5.41, 5.74) is 5.72. The molecule has 3 aromatic rings. The Hall–Kier alpha value is -3.21. The Morgan fingerprint density at radius 1 is 1.00 bits per heavy atom. The summed E-state index contributed by atoms with van der Waals surface area (Å²) in [6.45, 7) is 4.92. The van der Waals surface area contributed by atoms with E-state index in [4.69, 9.17) is 0 Å². The quantitative estimate of drug-likeness (QED) is 0.721. The van der Waals surface area contributed by atoms with Crippen LogP contribution in [0, 0.1) is 13.8 Å². The third kappa shape index (κ3) is 4.91. The second-order valence-electron chi connectivity index (χ2n) is 6.68. The van der Waals surface area contributed by atoms with E-state index in [0.717, 1.165) is 29.9 Å². The summed E-state index contributed by atoms with van der Waals surface area (Å²) < 4.78 is 0. The highest BCUT2D eigenvalue weighted by Crippen LogP contribution is 2.17. The maximum absolute atomic E-state index is 12.6. The van der Waals surface area contributed by atoms with Crippen LogP contribution in [0.5, 0.6) is 0 Å². The van der Waals surface area contributed by atoms with Gasteiger partial charge in [-0.1, -0.05) is 6.07 Å². The molecule has 138 valence electrons. The molecule has 27 heavy (non-hydrogen) atoms. The first-order valence-electron chi connectivity index (χ1n) is 8.97. The second kappa shape index (κ2) is 8.45. The number of hydrogen-bond acceptors (Lipinski definition) is 4. The number of anilines is 2. The molecule has 1 aromatic carbocycles. The van der Waals surface area contributed by atoms with E-state index in [1.54, 1.807) is 18.6 Å². The topological polar surface area (TPSA) is 58.1 Å². The molecule has 0 fully saturated rings. The van der Waals surface area contributed by atoms with Crippen LogP contribution in [0.2, 0.25) is 0 Å². The van der Waals surface area contributed by atoms with Gasteiger partial charge in [-0.3, -0.25) is 14.8 Å². The molecule has 0 saturated heterocycles. The van der Waals surface area contributed by atoms with Crippen LogP contribution in [-0.4, -0.2) is 29.5 Å². The lowest BCUT2D eigenvalue weighted by atomic mass is 10.1. The summed E-state index contributed by atoms with van der Waals surface area (Å²) in [6, 6.07) is 13.7. The highest BCUT2D eigenvalue weighted by atomic mass is 16.1. The molecule has 5 heteroatoms. The average Bonchev–Trinajstić information content (AvgIpc) is 2.70. The lowest BCUT2D eigenvalue weighted by Crippen LogP contribution is -2.21. The summed E-state index contributed by atoms with van der Waals surface area (Å²) in [6.07, 6.45) is 6.19. The van der Waals surface area contributed by atoms with Crippen molar-refractivity contribution in [2.75, 3.05) is 23.8 Å². The normalized spacial score (nSPS) is 10.5. The van der Waals surface area contributed by atoms with Crippen molar-refractivity contribution in [3.63, 3.8) is 0 Å². The molecule has 0 saturated carbocycles. The van der Waals surface area contributed by atoms with Crippen LogP contribution in [0.25, 0.3) is 0 Å². The molecule has 0 spiro atoms. The lowest BCUT2D eigenvalue weighted by Gasteiger charge is -2.19. The van der Waals surface area contributed by atoms with E-state index in [1.807, 2.05) is 63.4 Å². The fourth-order valence-corrected chi connectivity index (χ4v) is 2.77. The van der Waals surface area contributed by atoms with E-state index in [0.29, 0.717) is 5.69 Å². The number of pyridine rings is 2. The number of benzene rings is 1. The molecule has 0 aliphatic rings. The van der Waals surface area contributed by atoms with E-state index >= 15 is 0 Å². The molecule has 2 heterocycles. The number of amides is 1. The molecule has 0 aliphatic heterocycles. The minimum Gasteiger partial charge on any atom is -0.374 e. The van der Waals surface area contributed by atoms with Gasteiger partial charge >= 0.3 is 0 Å². The molecule has 0 bridgehead atoms. The van der Waals surface area contributed by atoms with Crippen LogP contribution in [0.15, 0.2) is 61.1 Å². The zero-order valence-corrected chi connectivity index (χ0v) is 15.9. The Morgan fingerprint density at radius 2 is 1.78 bits per heavy atom. The molecule has 0 aliphatic carbocycles. The molecule has 3 rings (SSSR count). The van der Waals surface area contributed by atoms with E-state index in [9.17, 15) is 4.79 Å². The van der Waals surface area contributed by atoms with Gasteiger partial charge in [0.05, 0.1) is 0 Å². The van der Waals surface area contributed by atoms with Gasteiger partial charge in [0.2, 0.25) is 0 Å². The average molecular weight is 360 g/mol. The number of nitrogens with one attached hydrogen (secondary N) is 1. The largest absolute Gasteiger partial charge is 0.374 e. The Balaban J connectivity index is 1.66. The van der Waals surface area contributed by atoms with Crippen molar-refractivity contribution in [2.45, 2.75) is 20.3 Å². The van der Waals surface area contributed by atoms with Gasteiger partial charge in [0.1, 0.15) is 5.69 Å². The number of aryl methyl sites for hydroxylation is 2. The molecule has 0 atom stereocenters. The van der Waals surface area contributed by atoms with Crippen LogP contribution >= 0.6 is 0 Å². The fourth-order valence-electron chi connectivity index (χ4n) is 2.77. The Morgan fingerprint density at radius 3 is 2.52 bits per heavy atom. The van der Waals surface area contributed by atoms with E-state index in [-0.39, 0.29) is 5.91 Å². The Kier molecular flexibility index (Phi) is 5.81. The van der Waals surface area contributed by atoms with Gasteiger partial charge in [-0.25, -0.2) is 0 Å². The zero-order chi connectivity index (χ0) is 19.2. The van der Waals surface area contributed by atoms with Crippen LogP contribution in [0.1, 0.15) is 27.2 Å². The van der Waals surface area contributed by atoms with Crippen molar-refractivity contribution in [3.8, 4) is 0 Å². The van der Waals surface area contributed by atoms with Gasteiger partial charge in [-0.15, -0.1) is 0 Å². The maximum Gasteiger partial charge on any atom is 0.274 e. The summed E-state index contributed by atoms with van der Waals surface area (Å²) >= 11 is 0. The summed E-state index contributed by atoms with van der Waals surface area (Å²) in [7, 11) is 2.02. The molecule has 5 nitrogen and oxygen atoms in total. The number of aromatic nitrogens is 2. The summed E-state index contributed by atoms with van der Waals surface area (Å²) in [5.74, 6) is -0.206. The second-order valence-corrected chi connectivity index (χ2v) is 6.68. The first-order valence-corrected chi connectivity index (χ1v) is 8.97. The predicted octanol–water partition coefficient (Wildman–Crippen LogP) is 4.02. The summed E-state index contributed by atoms with van der Waals surface area (Å²) in [4.78, 5) is 23.0. The van der Waals surface area contributed by atoms with Crippen molar-refractivity contribution in [3.05, 3.63) is 83.4 Å². The smallest absolute Gasteiger partial charge is 0.274 e. The van der Waals surface area contributed by atoms with E-state index in [1.165, 1.54) is 11.1 Å². The molecular weight excluding hydrogens is 336 g/mol. The zero-order valence-electron chi connectivity index (χ0n) is 15.9. The molecule has 1 N–H and O–H groups in total. The number of hydrogen-bond donors (Lipinski definition) is 1. The predicted molar refractivity (Wildman–Crippen MR) is 109 cm³/mol. The van der Waals surface area contributed by atoms with E-state index in [2.05, 4.69) is 20.2 Å². The van der Waals surface area contributed by atoms with Crippen molar-refractivity contribution in [2.24, 2.45) is 0 Å². The van der Waals surface area contributed by atoms with Gasteiger partial charge in [0.25, 0.3) is 5.91 Å². The van der Waals surface area contributed by atoms with Gasteiger partial charge in [-0.2, -0.15) is 0 Å². The van der Waals surface area contributed by atoms with Crippen molar-refractivity contribution >= 4 is 17.3 Å².